The highest BCUT2D eigenvalue weighted by atomic mass is 32.2. The molecule has 0 aliphatic carbocycles. The molecular formula is C22H23F2NO3S. The molecule has 1 heterocycles. The lowest BCUT2D eigenvalue weighted by Gasteiger charge is -2.26. The Morgan fingerprint density at radius 3 is 2.72 bits per heavy atom. The number of ether oxygens (including phenoxy) is 2. The van der Waals surface area contributed by atoms with Gasteiger partial charge in [0.2, 0.25) is 0 Å². The number of carbonyl (C=O) groups excluding carboxylic acids is 1. The van der Waals surface area contributed by atoms with Gasteiger partial charge in [-0.05, 0) is 35.9 Å². The molecule has 154 valence electrons. The summed E-state index contributed by atoms with van der Waals surface area (Å²) < 4.78 is 34.5. The van der Waals surface area contributed by atoms with Crippen LogP contribution in [0.5, 0.6) is 11.5 Å². The maximum absolute atomic E-state index is 12.4. The number of nitrogens with zero attached hydrogens (tertiary/aromatic N) is 1. The summed E-state index contributed by atoms with van der Waals surface area (Å²) >= 11 is 1.96. The number of carbonyl (C=O) groups is 1. The quantitative estimate of drug-likeness (QED) is 0.456. The van der Waals surface area contributed by atoms with E-state index in [1.807, 2.05) is 30.0 Å². The second-order valence-corrected chi connectivity index (χ2v) is 7.79. The van der Waals surface area contributed by atoms with Crippen molar-refractivity contribution in [1.29, 1.82) is 0 Å². The molecule has 0 spiro atoms. The van der Waals surface area contributed by atoms with Crippen LogP contribution >= 0.6 is 11.8 Å². The maximum atomic E-state index is 12.4. The second-order valence-electron chi connectivity index (χ2n) is 6.56. The Morgan fingerprint density at radius 1 is 1.21 bits per heavy atom. The van der Waals surface area contributed by atoms with E-state index >= 15 is 0 Å². The smallest absolute Gasteiger partial charge is 0.387 e. The van der Waals surface area contributed by atoms with E-state index < -0.39 is 6.61 Å². The van der Waals surface area contributed by atoms with Crippen LogP contribution in [-0.2, 0) is 6.54 Å². The number of methoxy groups -OCH3 is 1. The maximum Gasteiger partial charge on any atom is 0.387 e. The third-order valence-corrected chi connectivity index (χ3v) is 5.52. The number of thioether (sulfide) groups is 1. The van der Waals surface area contributed by atoms with Crippen LogP contribution in [0.4, 0.5) is 8.78 Å². The van der Waals surface area contributed by atoms with Crippen LogP contribution in [0.25, 0.3) is 6.08 Å². The first-order valence-corrected chi connectivity index (χ1v) is 10.4. The molecule has 0 aromatic heterocycles. The summed E-state index contributed by atoms with van der Waals surface area (Å²) in [7, 11) is 1.65. The van der Waals surface area contributed by atoms with Crippen LogP contribution < -0.4 is 9.47 Å². The molecule has 1 aliphatic rings. The monoisotopic (exact) mass is 419 g/mol. The number of halogens is 2. The van der Waals surface area contributed by atoms with Crippen molar-refractivity contribution < 1.29 is 23.0 Å². The van der Waals surface area contributed by atoms with Gasteiger partial charge in [-0.25, -0.2) is 0 Å². The number of benzene rings is 2. The van der Waals surface area contributed by atoms with Gasteiger partial charge in [0, 0.05) is 42.3 Å². The van der Waals surface area contributed by atoms with Gasteiger partial charge >= 0.3 is 6.61 Å². The summed E-state index contributed by atoms with van der Waals surface area (Å²) in [5.41, 5.74) is 2.24. The Kier molecular flexibility index (Phi) is 7.66. The Morgan fingerprint density at radius 2 is 2.00 bits per heavy atom. The van der Waals surface area contributed by atoms with Crippen molar-refractivity contribution in [2.45, 2.75) is 13.2 Å². The summed E-state index contributed by atoms with van der Waals surface area (Å²) in [5, 5.41) is 0. The zero-order valence-corrected chi connectivity index (χ0v) is 17.0. The van der Waals surface area contributed by atoms with Crippen molar-refractivity contribution in [1.82, 2.24) is 4.90 Å². The third-order valence-electron chi connectivity index (χ3n) is 4.57. The first kappa shape index (κ1) is 21.3. The lowest BCUT2D eigenvalue weighted by atomic mass is 10.1. The molecule has 0 bridgehead atoms. The number of hydrogen-bond acceptors (Lipinski definition) is 5. The fraction of sp³-hybridized carbons (Fsp3) is 0.318. The molecule has 1 saturated heterocycles. The number of rotatable bonds is 8. The van der Waals surface area contributed by atoms with Gasteiger partial charge in [-0.1, -0.05) is 24.3 Å². The molecule has 29 heavy (non-hydrogen) atoms. The Labute approximate surface area is 173 Å². The van der Waals surface area contributed by atoms with Crippen LogP contribution in [0.15, 0.2) is 48.5 Å². The molecule has 0 atom stereocenters. The second kappa shape index (κ2) is 10.4. The molecular weight excluding hydrogens is 396 g/mol. The van der Waals surface area contributed by atoms with E-state index in [-0.39, 0.29) is 11.5 Å². The van der Waals surface area contributed by atoms with E-state index in [1.165, 1.54) is 24.3 Å². The molecule has 0 N–H and O–H groups in total. The normalized spacial score (nSPS) is 15.0. The van der Waals surface area contributed by atoms with E-state index in [0.717, 1.165) is 48.0 Å². The average molecular weight is 419 g/mol. The highest BCUT2D eigenvalue weighted by Gasteiger charge is 2.14. The molecule has 4 nitrogen and oxygen atoms in total. The van der Waals surface area contributed by atoms with Crippen LogP contribution in [-0.4, -0.2) is 49.0 Å². The largest absolute Gasteiger partial charge is 0.496 e. The first-order chi connectivity index (χ1) is 14.0. The minimum Gasteiger partial charge on any atom is -0.496 e. The van der Waals surface area contributed by atoms with Crippen molar-refractivity contribution in [3.8, 4) is 11.5 Å². The van der Waals surface area contributed by atoms with Crippen molar-refractivity contribution in [3.05, 3.63) is 65.2 Å². The molecule has 2 aromatic carbocycles. The summed E-state index contributed by atoms with van der Waals surface area (Å²) in [6.45, 7) is -0.0359. The van der Waals surface area contributed by atoms with Gasteiger partial charge in [0.15, 0.2) is 5.78 Å². The molecule has 0 radical (unpaired) electrons. The van der Waals surface area contributed by atoms with Crippen LogP contribution in [0, 0.1) is 0 Å². The summed E-state index contributed by atoms with van der Waals surface area (Å²) in [6.07, 6.45) is 3.16. The van der Waals surface area contributed by atoms with Gasteiger partial charge in [0.1, 0.15) is 11.5 Å². The van der Waals surface area contributed by atoms with Gasteiger partial charge < -0.3 is 9.47 Å². The minimum atomic E-state index is -2.92. The lowest BCUT2D eigenvalue weighted by molar-refractivity contribution is -0.0498. The van der Waals surface area contributed by atoms with Crippen molar-refractivity contribution in [3.63, 3.8) is 0 Å². The van der Waals surface area contributed by atoms with E-state index in [4.69, 9.17) is 4.74 Å². The molecule has 7 heteroatoms. The van der Waals surface area contributed by atoms with E-state index in [0.29, 0.717) is 5.56 Å². The Hall–Kier alpha value is -2.38. The molecule has 0 amide bonds. The Bertz CT molecular complexity index is 867. The fourth-order valence-corrected chi connectivity index (χ4v) is 4.10. The Balaban J connectivity index is 1.72. The van der Waals surface area contributed by atoms with Crippen molar-refractivity contribution in [2.24, 2.45) is 0 Å². The summed E-state index contributed by atoms with van der Waals surface area (Å²) in [6, 6.07) is 11.6. The molecule has 3 rings (SSSR count). The highest BCUT2D eigenvalue weighted by Crippen LogP contribution is 2.24. The molecule has 1 fully saturated rings. The summed E-state index contributed by atoms with van der Waals surface area (Å²) in [4.78, 5) is 14.8. The molecule has 2 aromatic rings. The number of ketones is 1. The van der Waals surface area contributed by atoms with Gasteiger partial charge in [-0.15, -0.1) is 0 Å². The standard InChI is InChI=1S/C22H23F2NO3S/c1-27-21-8-6-16(13-18(21)15-25-9-11-29-12-10-25)5-7-20(26)17-3-2-4-19(14-17)28-22(23)24/h2-8,13-14,22H,9-12,15H2,1H3/b7-5+. The third kappa shape index (κ3) is 6.30. The van der Waals surface area contributed by atoms with Crippen LogP contribution in [0.1, 0.15) is 21.5 Å². The molecule has 0 unspecified atom stereocenters. The van der Waals surface area contributed by atoms with E-state index in [9.17, 15) is 13.6 Å². The van der Waals surface area contributed by atoms with Gasteiger partial charge in [-0.3, -0.25) is 9.69 Å². The zero-order valence-electron chi connectivity index (χ0n) is 16.1. The molecule has 1 aliphatic heterocycles. The van der Waals surface area contributed by atoms with Gasteiger partial charge in [-0.2, -0.15) is 20.5 Å². The lowest BCUT2D eigenvalue weighted by Crippen LogP contribution is -2.32. The fourth-order valence-electron chi connectivity index (χ4n) is 3.12. The topological polar surface area (TPSA) is 38.8 Å². The number of hydrogen-bond donors (Lipinski definition) is 0. The SMILES string of the molecule is COc1ccc(/C=C/C(=O)c2cccc(OC(F)F)c2)cc1CN1CCSCC1. The predicted octanol–water partition coefficient (Wildman–Crippen LogP) is 4.74. The molecule has 0 saturated carbocycles. The predicted molar refractivity (Wildman–Crippen MR) is 112 cm³/mol. The van der Waals surface area contributed by atoms with Gasteiger partial charge in [0.05, 0.1) is 7.11 Å². The minimum absolute atomic E-state index is 0.0364. The van der Waals surface area contributed by atoms with Crippen molar-refractivity contribution >= 4 is 23.6 Å². The van der Waals surface area contributed by atoms with Crippen LogP contribution in [0.2, 0.25) is 0 Å². The number of allylic oxidation sites excluding steroid dienone is 1. The van der Waals surface area contributed by atoms with E-state index in [2.05, 4.69) is 9.64 Å². The highest BCUT2D eigenvalue weighted by molar-refractivity contribution is 7.99. The van der Waals surface area contributed by atoms with Crippen LogP contribution in [0.3, 0.4) is 0 Å². The average Bonchev–Trinajstić information content (AvgIpc) is 2.72. The van der Waals surface area contributed by atoms with Crippen molar-refractivity contribution in [2.75, 3.05) is 31.7 Å². The first-order valence-electron chi connectivity index (χ1n) is 9.29. The van der Waals surface area contributed by atoms with Gasteiger partial charge in [0.25, 0.3) is 0 Å². The summed E-state index contributed by atoms with van der Waals surface area (Å²) in [5.74, 6) is 2.76. The van der Waals surface area contributed by atoms with E-state index in [1.54, 1.807) is 19.3 Å². The number of alkyl halides is 2. The zero-order chi connectivity index (χ0) is 20.6.